The molecule has 96 valence electrons. The number of rotatable bonds is 7. The van der Waals surface area contributed by atoms with Crippen molar-refractivity contribution in [3.05, 3.63) is 22.2 Å². The van der Waals surface area contributed by atoms with Crippen molar-refractivity contribution in [1.82, 2.24) is 15.3 Å². The van der Waals surface area contributed by atoms with E-state index in [9.17, 15) is 4.79 Å². The Morgan fingerprint density at radius 2 is 2.29 bits per heavy atom. The molecule has 0 aliphatic carbocycles. The van der Waals surface area contributed by atoms with Crippen molar-refractivity contribution in [2.45, 2.75) is 26.4 Å². The molecule has 1 aromatic heterocycles. The predicted molar refractivity (Wildman–Crippen MR) is 67.3 cm³/mol. The lowest BCUT2D eigenvalue weighted by atomic mass is 10.4. The van der Waals surface area contributed by atoms with E-state index in [4.69, 9.17) is 5.11 Å². The number of hydrogen-bond acceptors (Lipinski definition) is 5. The summed E-state index contributed by atoms with van der Waals surface area (Å²) in [6.45, 7) is 5.59. The van der Waals surface area contributed by atoms with Gasteiger partial charge in [0, 0.05) is 32.1 Å². The lowest BCUT2D eigenvalue weighted by Crippen LogP contribution is -2.29. The molecular weight excluding hydrogens is 220 g/mol. The van der Waals surface area contributed by atoms with Crippen molar-refractivity contribution >= 4 is 5.82 Å². The van der Waals surface area contributed by atoms with Gasteiger partial charge in [0.1, 0.15) is 11.6 Å². The number of anilines is 1. The SMILES string of the molecule is CCc1nc(NCCNCC(C)O)cc(=O)[nH]1. The molecule has 6 heteroatoms. The number of aliphatic hydroxyl groups excluding tert-OH is 1. The summed E-state index contributed by atoms with van der Waals surface area (Å²) >= 11 is 0. The van der Waals surface area contributed by atoms with Gasteiger partial charge in [0.15, 0.2) is 0 Å². The van der Waals surface area contributed by atoms with E-state index in [-0.39, 0.29) is 11.7 Å². The van der Waals surface area contributed by atoms with E-state index in [1.165, 1.54) is 6.07 Å². The summed E-state index contributed by atoms with van der Waals surface area (Å²) in [6, 6.07) is 1.44. The summed E-state index contributed by atoms with van der Waals surface area (Å²) in [5.41, 5.74) is -0.142. The number of aliphatic hydroxyl groups is 1. The number of nitrogens with zero attached hydrogens (tertiary/aromatic N) is 1. The Morgan fingerprint density at radius 3 is 2.94 bits per heavy atom. The molecule has 0 aromatic carbocycles. The Bertz CT molecular complexity index is 389. The molecule has 0 bridgehead atoms. The van der Waals surface area contributed by atoms with Crippen LogP contribution in [-0.2, 0) is 6.42 Å². The molecular formula is C11H20N4O2. The van der Waals surface area contributed by atoms with Gasteiger partial charge >= 0.3 is 0 Å². The fourth-order valence-corrected chi connectivity index (χ4v) is 1.36. The van der Waals surface area contributed by atoms with Crippen LogP contribution in [0.2, 0.25) is 0 Å². The Hall–Kier alpha value is -1.40. The third-order valence-corrected chi connectivity index (χ3v) is 2.17. The maximum atomic E-state index is 11.3. The minimum Gasteiger partial charge on any atom is -0.392 e. The summed E-state index contributed by atoms with van der Waals surface area (Å²) in [5, 5.41) is 15.2. The summed E-state index contributed by atoms with van der Waals surface area (Å²) in [4.78, 5) is 18.2. The van der Waals surface area contributed by atoms with Crippen LogP contribution in [-0.4, -0.2) is 40.8 Å². The number of nitrogens with one attached hydrogen (secondary N) is 3. The van der Waals surface area contributed by atoms with Crippen molar-refractivity contribution in [3.63, 3.8) is 0 Å². The van der Waals surface area contributed by atoms with Crippen molar-refractivity contribution in [1.29, 1.82) is 0 Å². The molecule has 1 aromatic rings. The fraction of sp³-hybridized carbons (Fsp3) is 0.636. The fourth-order valence-electron chi connectivity index (χ4n) is 1.36. The van der Waals surface area contributed by atoms with Gasteiger partial charge in [-0.15, -0.1) is 0 Å². The summed E-state index contributed by atoms with van der Waals surface area (Å²) in [7, 11) is 0. The van der Waals surface area contributed by atoms with Crippen LogP contribution in [0.1, 0.15) is 19.7 Å². The van der Waals surface area contributed by atoms with E-state index in [0.717, 1.165) is 0 Å². The third kappa shape index (κ3) is 5.46. The molecule has 1 rings (SSSR count). The van der Waals surface area contributed by atoms with Crippen molar-refractivity contribution < 1.29 is 5.11 Å². The molecule has 0 aliphatic rings. The van der Waals surface area contributed by atoms with Gasteiger partial charge in [-0.3, -0.25) is 4.79 Å². The van der Waals surface area contributed by atoms with Crippen LogP contribution in [0.5, 0.6) is 0 Å². The second-order valence-electron chi connectivity index (χ2n) is 3.91. The standard InChI is InChI=1S/C11H20N4O2/c1-3-9-14-10(6-11(17)15-9)13-5-4-12-7-8(2)16/h6,8,12,16H,3-5,7H2,1-2H3,(H2,13,14,15,17). The molecule has 0 amide bonds. The van der Waals surface area contributed by atoms with Crippen molar-refractivity contribution in [2.24, 2.45) is 0 Å². The second-order valence-corrected chi connectivity index (χ2v) is 3.91. The number of hydrogen-bond donors (Lipinski definition) is 4. The van der Waals surface area contributed by atoms with Gasteiger partial charge in [-0.25, -0.2) is 4.98 Å². The van der Waals surface area contributed by atoms with Crippen molar-refractivity contribution in [3.8, 4) is 0 Å². The van der Waals surface area contributed by atoms with E-state index in [0.29, 0.717) is 37.7 Å². The molecule has 4 N–H and O–H groups in total. The van der Waals surface area contributed by atoms with Gasteiger partial charge in [-0.1, -0.05) is 6.92 Å². The Morgan fingerprint density at radius 1 is 1.53 bits per heavy atom. The molecule has 0 spiro atoms. The quantitative estimate of drug-likeness (QED) is 0.492. The number of H-pyrrole nitrogens is 1. The van der Waals surface area contributed by atoms with E-state index >= 15 is 0 Å². The molecule has 0 saturated heterocycles. The normalized spacial score (nSPS) is 12.4. The van der Waals surface area contributed by atoms with E-state index in [1.54, 1.807) is 6.92 Å². The molecule has 1 heterocycles. The van der Waals surface area contributed by atoms with Crippen molar-refractivity contribution in [2.75, 3.05) is 25.0 Å². The first kappa shape index (κ1) is 13.7. The molecule has 0 saturated carbocycles. The first-order valence-corrected chi connectivity index (χ1v) is 5.84. The Balaban J connectivity index is 2.36. The molecule has 17 heavy (non-hydrogen) atoms. The van der Waals surface area contributed by atoms with Crippen LogP contribution < -0.4 is 16.2 Å². The highest BCUT2D eigenvalue weighted by atomic mass is 16.3. The summed E-state index contributed by atoms with van der Waals surface area (Å²) in [6.07, 6.45) is 0.352. The van der Waals surface area contributed by atoms with Gasteiger partial charge in [0.2, 0.25) is 0 Å². The highest BCUT2D eigenvalue weighted by molar-refractivity contribution is 5.32. The lowest BCUT2D eigenvalue weighted by Gasteiger charge is -2.08. The average Bonchev–Trinajstić information content (AvgIpc) is 2.27. The first-order valence-electron chi connectivity index (χ1n) is 5.84. The zero-order valence-electron chi connectivity index (χ0n) is 10.3. The molecule has 0 fully saturated rings. The number of aryl methyl sites for hydroxylation is 1. The number of aromatic amines is 1. The monoisotopic (exact) mass is 240 g/mol. The van der Waals surface area contributed by atoms with Crippen LogP contribution in [0.15, 0.2) is 10.9 Å². The second kappa shape index (κ2) is 7.03. The van der Waals surface area contributed by atoms with Gasteiger partial charge in [0.25, 0.3) is 5.56 Å². The molecule has 1 atom stereocenters. The highest BCUT2D eigenvalue weighted by Gasteiger charge is 1.99. The summed E-state index contributed by atoms with van der Waals surface area (Å²) in [5.74, 6) is 1.27. The molecule has 6 nitrogen and oxygen atoms in total. The highest BCUT2D eigenvalue weighted by Crippen LogP contribution is 1.98. The number of aromatic nitrogens is 2. The minimum atomic E-state index is -0.348. The largest absolute Gasteiger partial charge is 0.392 e. The minimum absolute atomic E-state index is 0.142. The molecule has 0 aliphatic heterocycles. The zero-order valence-corrected chi connectivity index (χ0v) is 10.3. The van der Waals surface area contributed by atoms with E-state index in [1.807, 2.05) is 6.92 Å². The third-order valence-electron chi connectivity index (χ3n) is 2.17. The molecule has 1 unspecified atom stereocenters. The zero-order chi connectivity index (χ0) is 12.7. The smallest absolute Gasteiger partial charge is 0.252 e. The van der Waals surface area contributed by atoms with Crippen LogP contribution in [0.3, 0.4) is 0 Å². The van der Waals surface area contributed by atoms with Crippen LogP contribution in [0.4, 0.5) is 5.82 Å². The first-order chi connectivity index (χ1) is 8.11. The van der Waals surface area contributed by atoms with Crippen LogP contribution in [0, 0.1) is 0 Å². The average molecular weight is 240 g/mol. The Kier molecular flexibility index (Phi) is 5.65. The maximum Gasteiger partial charge on any atom is 0.252 e. The Labute approximate surface area is 100 Å². The maximum absolute atomic E-state index is 11.3. The topological polar surface area (TPSA) is 90.0 Å². The predicted octanol–water partition coefficient (Wildman–Crippen LogP) is -0.285. The van der Waals surface area contributed by atoms with Gasteiger partial charge in [-0.05, 0) is 6.92 Å². The van der Waals surface area contributed by atoms with E-state index in [2.05, 4.69) is 20.6 Å². The van der Waals surface area contributed by atoms with E-state index < -0.39 is 0 Å². The van der Waals surface area contributed by atoms with Crippen LogP contribution in [0.25, 0.3) is 0 Å². The van der Waals surface area contributed by atoms with Gasteiger partial charge in [-0.2, -0.15) is 0 Å². The van der Waals surface area contributed by atoms with Gasteiger partial charge in [0.05, 0.1) is 6.10 Å². The van der Waals surface area contributed by atoms with Crippen LogP contribution >= 0.6 is 0 Å². The lowest BCUT2D eigenvalue weighted by molar-refractivity contribution is 0.192. The summed E-state index contributed by atoms with van der Waals surface area (Å²) < 4.78 is 0. The van der Waals surface area contributed by atoms with Gasteiger partial charge < -0.3 is 20.7 Å². The molecule has 0 radical (unpaired) electrons.